The van der Waals surface area contributed by atoms with Gasteiger partial charge in [-0.1, -0.05) is 41.1 Å². The summed E-state index contributed by atoms with van der Waals surface area (Å²) >= 11 is 0. The molecule has 0 atom stereocenters. The maximum absolute atomic E-state index is 3.41. The summed E-state index contributed by atoms with van der Waals surface area (Å²) in [5, 5.41) is 0. The molecule has 0 spiro atoms. The van der Waals surface area contributed by atoms with Gasteiger partial charge in [0.05, 0.1) is 5.69 Å². The number of rotatable bonds is 2. The Balaban J connectivity index is 1.92. The third-order valence-corrected chi connectivity index (χ3v) is 3.00. The standard InChI is InChI=1S/C15H15N2/c1-2-9-14(10-3-1)16-17-12-6-8-13-7-4-5-11-15(13)17/h1-5,7,9-12,16H,6,8H2/q+1. The van der Waals surface area contributed by atoms with E-state index in [9.17, 15) is 0 Å². The molecule has 1 N–H and O–H groups in total. The van der Waals surface area contributed by atoms with Crippen LogP contribution in [0.25, 0.3) is 0 Å². The van der Waals surface area contributed by atoms with Crippen molar-refractivity contribution in [2.24, 2.45) is 0 Å². The van der Waals surface area contributed by atoms with Gasteiger partial charge in [-0.25, -0.2) is 0 Å². The lowest BCUT2D eigenvalue weighted by Crippen LogP contribution is -2.20. The molecule has 0 saturated heterocycles. The highest BCUT2D eigenvalue weighted by atomic mass is 15.4. The van der Waals surface area contributed by atoms with Gasteiger partial charge < -0.3 is 0 Å². The molecule has 1 heterocycles. The predicted molar refractivity (Wildman–Crippen MR) is 70.8 cm³/mol. The highest BCUT2D eigenvalue weighted by molar-refractivity contribution is 5.60. The molecule has 1 aliphatic heterocycles. The Morgan fingerprint density at radius 1 is 0.882 bits per heavy atom. The molecule has 2 nitrogen and oxygen atoms in total. The molecule has 2 heteroatoms. The van der Waals surface area contributed by atoms with Crippen LogP contribution >= 0.6 is 0 Å². The van der Waals surface area contributed by atoms with E-state index in [4.69, 9.17) is 0 Å². The first-order chi connectivity index (χ1) is 8.43. The zero-order valence-corrected chi connectivity index (χ0v) is 9.63. The number of fused-ring (bicyclic) bond motifs is 1. The van der Waals surface area contributed by atoms with Crippen LogP contribution in [0, 0.1) is 0 Å². The molecule has 0 radical (unpaired) electrons. The van der Waals surface area contributed by atoms with E-state index in [0.29, 0.717) is 0 Å². The van der Waals surface area contributed by atoms with E-state index in [-0.39, 0.29) is 0 Å². The average Bonchev–Trinajstić information content (AvgIpc) is 2.40. The topological polar surface area (TPSA) is 15.0 Å². The van der Waals surface area contributed by atoms with Gasteiger partial charge in [-0.2, -0.15) is 5.43 Å². The molecule has 0 fully saturated rings. The minimum atomic E-state index is 1.08. The molecule has 3 rings (SSSR count). The first-order valence-corrected chi connectivity index (χ1v) is 5.96. The number of hydrogen-bond acceptors (Lipinski definition) is 1. The molecule has 0 saturated carbocycles. The van der Waals surface area contributed by atoms with E-state index in [0.717, 1.165) is 18.5 Å². The molecule has 2 aromatic carbocycles. The molecule has 0 bridgehead atoms. The van der Waals surface area contributed by atoms with Crippen LogP contribution in [0.1, 0.15) is 12.0 Å². The molecule has 2 aromatic rings. The van der Waals surface area contributed by atoms with Crippen molar-refractivity contribution in [3.05, 3.63) is 60.2 Å². The lowest BCUT2D eigenvalue weighted by molar-refractivity contribution is -0.403. The van der Waals surface area contributed by atoms with E-state index in [1.807, 2.05) is 18.2 Å². The molecular weight excluding hydrogens is 208 g/mol. The largest absolute Gasteiger partial charge is 0.238 e. The van der Waals surface area contributed by atoms with Crippen molar-refractivity contribution in [1.29, 1.82) is 0 Å². The van der Waals surface area contributed by atoms with E-state index in [2.05, 4.69) is 52.7 Å². The van der Waals surface area contributed by atoms with Crippen LogP contribution in [0.2, 0.25) is 0 Å². The number of hydrazine groups is 1. The minimum absolute atomic E-state index is 1.08. The van der Waals surface area contributed by atoms with Gasteiger partial charge in [0.15, 0.2) is 6.21 Å². The Morgan fingerprint density at radius 2 is 1.65 bits per heavy atom. The maximum atomic E-state index is 3.41. The Kier molecular flexibility index (Phi) is 2.62. The zero-order valence-electron chi connectivity index (χ0n) is 9.63. The first-order valence-electron chi connectivity index (χ1n) is 5.96. The van der Waals surface area contributed by atoms with Crippen molar-refractivity contribution >= 4 is 17.6 Å². The second-order valence-corrected chi connectivity index (χ2v) is 4.20. The predicted octanol–water partition coefficient (Wildman–Crippen LogP) is 3.37. The number of nitrogens with zero attached hydrogens (tertiary/aromatic N) is 1. The van der Waals surface area contributed by atoms with Gasteiger partial charge in [0.25, 0.3) is 0 Å². The number of para-hydroxylation sites is 2. The zero-order chi connectivity index (χ0) is 11.5. The molecule has 0 amide bonds. The lowest BCUT2D eigenvalue weighted by atomic mass is 10.1. The molecule has 0 unspecified atom stereocenters. The summed E-state index contributed by atoms with van der Waals surface area (Å²) in [4.78, 5) is 0. The summed E-state index contributed by atoms with van der Waals surface area (Å²) in [5.74, 6) is 0. The van der Waals surface area contributed by atoms with Gasteiger partial charge in [-0.05, 0) is 18.6 Å². The Hall–Kier alpha value is -2.09. The van der Waals surface area contributed by atoms with Crippen molar-refractivity contribution in [2.75, 3.05) is 5.43 Å². The molecule has 17 heavy (non-hydrogen) atoms. The van der Waals surface area contributed by atoms with Crippen LogP contribution in [0.3, 0.4) is 0 Å². The normalized spacial score (nSPS) is 13.8. The van der Waals surface area contributed by atoms with Crippen molar-refractivity contribution < 1.29 is 4.68 Å². The summed E-state index contributed by atoms with van der Waals surface area (Å²) in [6, 6.07) is 18.8. The van der Waals surface area contributed by atoms with Crippen molar-refractivity contribution in [3.8, 4) is 0 Å². The number of hydrazone groups is 1. The smallest absolute Gasteiger partial charge is 0.160 e. The van der Waals surface area contributed by atoms with Gasteiger partial charge >= 0.3 is 0 Å². The average molecular weight is 223 g/mol. The van der Waals surface area contributed by atoms with Crippen LogP contribution in [-0.2, 0) is 6.42 Å². The van der Waals surface area contributed by atoms with Gasteiger partial charge in [0.1, 0.15) is 0 Å². The van der Waals surface area contributed by atoms with Crippen molar-refractivity contribution in [3.63, 3.8) is 0 Å². The molecular formula is C15H15N2+. The summed E-state index contributed by atoms with van der Waals surface area (Å²) in [7, 11) is 0. The summed E-state index contributed by atoms with van der Waals surface area (Å²) in [5.41, 5.74) is 7.18. The number of aryl methyl sites for hydroxylation is 1. The first kappa shape index (κ1) is 10.1. The highest BCUT2D eigenvalue weighted by Crippen LogP contribution is 2.23. The number of anilines is 1. The summed E-state index contributed by atoms with van der Waals surface area (Å²) in [6.07, 6.45) is 4.41. The molecule has 1 aliphatic rings. The maximum Gasteiger partial charge on any atom is 0.238 e. The minimum Gasteiger partial charge on any atom is -0.160 e. The fourth-order valence-electron chi connectivity index (χ4n) is 2.16. The highest BCUT2D eigenvalue weighted by Gasteiger charge is 2.18. The Morgan fingerprint density at radius 3 is 2.53 bits per heavy atom. The number of benzene rings is 2. The number of hydrogen-bond donors (Lipinski definition) is 1. The second kappa shape index (κ2) is 4.42. The van der Waals surface area contributed by atoms with Gasteiger partial charge in [-0.15, -0.1) is 0 Å². The third kappa shape index (κ3) is 2.07. The van der Waals surface area contributed by atoms with Gasteiger partial charge in [0, 0.05) is 18.1 Å². The SMILES string of the molecule is C1=[N+](Nc2ccccc2)c2ccccc2CC1. The van der Waals surface area contributed by atoms with Gasteiger partial charge in [0.2, 0.25) is 5.69 Å². The van der Waals surface area contributed by atoms with E-state index in [1.165, 1.54) is 11.3 Å². The second-order valence-electron chi connectivity index (χ2n) is 4.20. The van der Waals surface area contributed by atoms with Crippen LogP contribution < -0.4 is 5.43 Å². The van der Waals surface area contributed by atoms with Crippen LogP contribution in [0.5, 0.6) is 0 Å². The Bertz CT molecular complexity index is 544. The quantitative estimate of drug-likeness (QED) is 0.771. The molecule has 84 valence electrons. The molecule has 0 aromatic heterocycles. The van der Waals surface area contributed by atoms with Gasteiger partial charge in [-0.3, -0.25) is 0 Å². The fourth-order valence-corrected chi connectivity index (χ4v) is 2.16. The van der Waals surface area contributed by atoms with Crippen LogP contribution in [0.15, 0.2) is 54.6 Å². The monoisotopic (exact) mass is 223 g/mol. The summed E-state index contributed by atoms with van der Waals surface area (Å²) in [6.45, 7) is 0. The molecule has 0 aliphatic carbocycles. The van der Waals surface area contributed by atoms with E-state index < -0.39 is 0 Å². The van der Waals surface area contributed by atoms with Crippen molar-refractivity contribution in [2.45, 2.75) is 12.8 Å². The number of nitrogens with one attached hydrogen (secondary N) is 1. The van der Waals surface area contributed by atoms with Crippen LogP contribution in [-0.4, -0.2) is 10.9 Å². The fraction of sp³-hybridized carbons (Fsp3) is 0.133. The van der Waals surface area contributed by atoms with E-state index >= 15 is 0 Å². The van der Waals surface area contributed by atoms with E-state index in [1.54, 1.807) is 0 Å². The van der Waals surface area contributed by atoms with Crippen molar-refractivity contribution in [1.82, 2.24) is 0 Å². The van der Waals surface area contributed by atoms with Crippen LogP contribution in [0.4, 0.5) is 11.4 Å². The summed E-state index contributed by atoms with van der Waals surface area (Å²) < 4.78 is 2.12. The third-order valence-electron chi connectivity index (χ3n) is 3.00. The lowest BCUT2D eigenvalue weighted by Gasteiger charge is -2.12. The Labute approximate surface area is 101 Å².